The van der Waals surface area contributed by atoms with Crippen LogP contribution in [0.1, 0.15) is 27.5 Å². The highest BCUT2D eigenvalue weighted by atomic mass is 19.4. The van der Waals surface area contributed by atoms with Crippen molar-refractivity contribution in [2.45, 2.75) is 19.3 Å². The Balaban J connectivity index is 1.78. The van der Waals surface area contributed by atoms with Gasteiger partial charge < -0.3 is 14.6 Å². The summed E-state index contributed by atoms with van der Waals surface area (Å²) in [4.78, 5) is 21.1. The van der Waals surface area contributed by atoms with E-state index in [2.05, 4.69) is 15.3 Å². The number of nitrogens with zero attached hydrogens (tertiary/aromatic N) is 3. The zero-order valence-corrected chi connectivity index (χ0v) is 17.1. The molecular formula is C23H19F3N4O2. The molecule has 4 rings (SSSR count). The number of rotatable bonds is 6. The van der Waals surface area contributed by atoms with Crippen LogP contribution in [-0.2, 0) is 19.3 Å². The summed E-state index contributed by atoms with van der Waals surface area (Å²) in [6.45, 7) is 0.440. The van der Waals surface area contributed by atoms with Crippen LogP contribution < -0.4 is 10.2 Å². The van der Waals surface area contributed by atoms with E-state index in [0.717, 1.165) is 5.56 Å². The van der Waals surface area contributed by atoms with Crippen molar-refractivity contribution in [1.29, 1.82) is 0 Å². The van der Waals surface area contributed by atoms with Crippen molar-refractivity contribution in [3.63, 3.8) is 0 Å². The Morgan fingerprint density at radius 2 is 1.75 bits per heavy atom. The number of benzene rings is 2. The van der Waals surface area contributed by atoms with Gasteiger partial charge in [-0.15, -0.1) is 0 Å². The molecule has 0 saturated heterocycles. The lowest BCUT2D eigenvalue weighted by Gasteiger charge is -2.25. The van der Waals surface area contributed by atoms with Crippen molar-refractivity contribution in [3.05, 3.63) is 89.6 Å². The minimum absolute atomic E-state index is 0.148. The zero-order valence-electron chi connectivity index (χ0n) is 17.1. The summed E-state index contributed by atoms with van der Waals surface area (Å²) in [5, 5.41) is 3.05. The molecular weight excluding hydrogens is 421 g/mol. The van der Waals surface area contributed by atoms with Crippen LogP contribution in [0.2, 0.25) is 0 Å². The van der Waals surface area contributed by atoms with E-state index in [9.17, 15) is 18.0 Å². The van der Waals surface area contributed by atoms with E-state index in [-0.39, 0.29) is 30.3 Å². The lowest BCUT2D eigenvalue weighted by Crippen LogP contribution is -2.25. The van der Waals surface area contributed by atoms with Gasteiger partial charge in [0.2, 0.25) is 5.82 Å². The lowest BCUT2D eigenvalue weighted by atomic mass is 10.1. The summed E-state index contributed by atoms with van der Waals surface area (Å²) in [5.74, 6) is -0.704. The predicted molar refractivity (Wildman–Crippen MR) is 113 cm³/mol. The van der Waals surface area contributed by atoms with Crippen molar-refractivity contribution in [3.8, 4) is 0 Å². The molecule has 0 aliphatic heterocycles. The standard InChI is InChI=1S/C23H19F3N4O2/c1-27-21(31)16-10-8-15(9-11-16)13-30(14-17-5-4-12-32-17)20-18-6-2-3-7-19(18)28-22(29-20)23(24,25)26/h2-12H,13-14H2,1H3,(H,27,31). The fraction of sp³-hybridized carbons (Fsp3) is 0.174. The van der Waals surface area contributed by atoms with Crippen LogP contribution in [-0.4, -0.2) is 22.9 Å². The number of alkyl halides is 3. The maximum Gasteiger partial charge on any atom is 0.451 e. The Morgan fingerprint density at radius 3 is 2.41 bits per heavy atom. The molecule has 0 fully saturated rings. The minimum Gasteiger partial charge on any atom is -0.467 e. The number of hydrogen-bond acceptors (Lipinski definition) is 5. The molecule has 0 spiro atoms. The normalized spacial score (nSPS) is 11.5. The molecule has 0 unspecified atom stereocenters. The Labute approximate surface area is 181 Å². The molecule has 1 amide bonds. The Hall–Kier alpha value is -3.88. The van der Waals surface area contributed by atoms with E-state index in [0.29, 0.717) is 16.7 Å². The molecule has 2 aromatic carbocycles. The number of furan rings is 1. The number of carbonyl (C=O) groups is 1. The largest absolute Gasteiger partial charge is 0.467 e. The number of hydrogen-bond donors (Lipinski definition) is 1. The number of fused-ring (bicyclic) bond motifs is 1. The smallest absolute Gasteiger partial charge is 0.451 e. The first kappa shape index (κ1) is 21.4. The average molecular weight is 440 g/mol. The van der Waals surface area contributed by atoms with Gasteiger partial charge in [0.25, 0.3) is 5.91 Å². The number of anilines is 1. The summed E-state index contributed by atoms with van der Waals surface area (Å²) in [5.41, 5.74) is 1.48. The van der Waals surface area contributed by atoms with Crippen LogP contribution in [0.15, 0.2) is 71.3 Å². The van der Waals surface area contributed by atoms with Crippen molar-refractivity contribution < 1.29 is 22.4 Å². The van der Waals surface area contributed by atoms with E-state index in [1.54, 1.807) is 66.5 Å². The highest BCUT2D eigenvalue weighted by Crippen LogP contribution is 2.33. The van der Waals surface area contributed by atoms with Gasteiger partial charge in [-0.1, -0.05) is 24.3 Å². The van der Waals surface area contributed by atoms with Crippen LogP contribution in [0.25, 0.3) is 10.9 Å². The second kappa shape index (κ2) is 8.70. The monoisotopic (exact) mass is 440 g/mol. The van der Waals surface area contributed by atoms with Crippen molar-refractivity contribution in [2.24, 2.45) is 0 Å². The first-order chi connectivity index (χ1) is 15.3. The predicted octanol–water partition coefficient (Wildman–Crippen LogP) is 4.81. The van der Waals surface area contributed by atoms with Gasteiger partial charge in [-0.05, 0) is 42.0 Å². The number of nitrogens with one attached hydrogen (secondary N) is 1. The third-order valence-electron chi connectivity index (χ3n) is 4.88. The van der Waals surface area contributed by atoms with Gasteiger partial charge in [0.1, 0.15) is 11.6 Å². The maximum atomic E-state index is 13.5. The van der Waals surface area contributed by atoms with Crippen LogP contribution in [0.5, 0.6) is 0 Å². The van der Waals surface area contributed by atoms with E-state index in [1.165, 1.54) is 12.3 Å². The molecule has 6 nitrogen and oxygen atoms in total. The van der Waals surface area contributed by atoms with Crippen LogP contribution >= 0.6 is 0 Å². The van der Waals surface area contributed by atoms with Crippen molar-refractivity contribution in [2.75, 3.05) is 11.9 Å². The van der Waals surface area contributed by atoms with E-state index in [4.69, 9.17) is 4.42 Å². The van der Waals surface area contributed by atoms with Gasteiger partial charge in [-0.3, -0.25) is 4.79 Å². The first-order valence-electron chi connectivity index (χ1n) is 9.77. The van der Waals surface area contributed by atoms with Crippen molar-refractivity contribution in [1.82, 2.24) is 15.3 Å². The molecule has 0 bridgehead atoms. The Morgan fingerprint density at radius 1 is 1.00 bits per heavy atom. The number of amides is 1. The molecule has 0 aliphatic carbocycles. The minimum atomic E-state index is -4.69. The highest BCUT2D eigenvalue weighted by molar-refractivity contribution is 5.94. The van der Waals surface area contributed by atoms with E-state index in [1.807, 2.05) is 0 Å². The van der Waals surface area contributed by atoms with Gasteiger partial charge in [0, 0.05) is 24.5 Å². The average Bonchev–Trinajstić information content (AvgIpc) is 3.30. The molecule has 4 aromatic rings. The lowest BCUT2D eigenvalue weighted by molar-refractivity contribution is -0.144. The summed E-state index contributed by atoms with van der Waals surface area (Å²) >= 11 is 0. The fourth-order valence-corrected chi connectivity index (χ4v) is 3.35. The topological polar surface area (TPSA) is 71.3 Å². The second-order valence-corrected chi connectivity index (χ2v) is 7.10. The maximum absolute atomic E-state index is 13.5. The van der Waals surface area contributed by atoms with Crippen LogP contribution in [0, 0.1) is 0 Å². The molecule has 0 aliphatic rings. The molecule has 2 heterocycles. The van der Waals surface area contributed by atoms with E-state index < -0.39 is 12.0 Å². The Bertz CT molecular complexity index is 1220. The number of halogens is 3. The quantitative estimate of drug-likeness (QED) is 0.466. The number of carbonyl (C=O) groups excluding carboxylic acids is 1. The number of para-hydroxylation sites is 1. The van der Waals surface area contributed by atoms with Crippen LogP contribution in [0.3, 0.4) is 0 Å². The summed E-state index contributed by atoms with van der Waals surface area (Å²) in [7, 11) is 1.54. The first-order valence-corrected chi connectivity index (χ1v) is 9.77. The van der Waals surface area contributed by atoms with Crippen molar-refractivity contribution >= 4 is 22.6 Å². The van der Waals surface area contributed by atoms with Gasteiger partial charge >= 0.3 is 6.18 Å². The van der Waals surface area contributed by atoms with E-state index >= 15 is 0 Å². The van der Waals surface area contributed by atoms with Gasteiger partial charge in [0.15, 0.2) is 0 Å². The second-order valence-electron chi connectivity index (χ2n) is 7.10. The molecule has 9 heteroatoms. The van der Waals surface area contributed by atoms with Gasteiger partial charge in [-0.25, -0.2) is 9.97 Å². The molecule has 0 atom stereocenters. The molecule has 2 aromatic heterocycles. The number of aromatic nitrogens is 2. The molecule has 0 saturated carbocycles. The zero-order chi connectivity index (χ0) is 22.7. The molecule has 0 radical (unpaired) electrons. The summed E-state index contributed by atoms with van der Waals surface area (Å²) in [6, 6.07) is 16.9. The molecule has 164 valence electrons. The fourth-order valence-electron chi connectivity index (χ4n) is 3.35. The molecule has 1 N–H and O–H groups in total. The van der Waals surface area contributed by atoms with Gasteiger partial charge in [0.05, 0.1) is 18.3 Å². The Kier molecular flexibility index (Phi) is 5.81. The third kappa shape index (κ3) is 4.56. The molecule has 32 heavy (non-hydrogen) atoms. The SMILES string of the molecule is CNC(=O)c1ccc(CN(Cc2ccco2)c2nc(C(F)(F)F)nc3ccccc23)cc1. The van der Waals surface area contributed by atoms with Crippen LogP contribution in [0.4, 0.5) is 19.0 Å². The summed E-state index contributed by atoms with van der Waals surface area (Å²) in [6.07, 6.45) is -3.19. The highest BCUT2D eigenvalue weighted by Gasteiger charge is 2.36. The third-order valence-corrected chi connectivity index (χ3v) is 4.88. The van der Waals surface area contributed by atoms with Gasteiger partial charge in [-0.2, -0.15) is 13.2 Å². The summed E-state index contributed by atoms with van der Waals surface area (Å²) < 4.78 is 46.0.